The van der Waals surface area contributed by atoms with Gasteiger partial charge in [0.15, 0.2) is 0 Å². The van der Waals surface area contributed by atoms with Crippen molar-refractivity contribution in [2.45, 2.75) is 0 Å². The van der Waals surface area contributed by atoms with Crippen LogP contribution in [-0.2, 0) is 4.79 Å². The third kappa shape index (κ3) is 3.64. The van der Waals surface area contributed by atoms with Gasteiger partial charge in [0.05, 0.1) is 18.5 Å². The normalized spacial score (nSPS) is 15.1. The highest BCUT2D eigenvalue weighted by molar-refractivity contribution is 9.10. The summed E-state index contributed by atoms with van der Waals surface area (Å²) in [4.78, 5) is 15.1. The molecule has 0 N–H and O–H groups in total. The molecule has 3 aromatic rings. The predicted molar refractivity (Wildman–Crippen MR) is 117 cm³/mol. The quantitative estimate of drug-likeness (QED) is 0.479. The summed E-state index contributed by atoms with van der Waals surface area (Å²) in [5, 5.41) is 0. The molecule has 0 atom stereocenters. The zero-order valence-electron chi connectivity index (χ0n) is 15.3. The molecule has 4 heteroatoms. The second-order valence-electron chi connectivity index (χ2n) is 6.39. The van der Waals surface area contributed by atoms with Crippen molar-refractivity contribution in [3.63, 3.8) is 0 Å². The number of hydrogen-bond acceptors (Lipinski definition) is 2. The van der Waals surface area contributed by atoms with Gasteiger partial charge in [-0.2, -0.15) is 0 Å². The molecule has 1 heterocycles. The second kappa shape index (κ2) is 7.87. The second-order valence-corrected chi connectivity index (χ2v) is 7.30. The van der Waals surface area contributed by atoms with Crippen molar-refractivity contribution in [2.24, 2.45) is 0 Å². The highest BCUT2D eigenvalue weighted by atomic mass is 79.9. The highest BCUT2D eigenvalue weighted by Crippen LogP contribution is 2.36. The van der Waals surface area contributed by atoms with Gasteiger partial charge in [0.25, 0.3) is 5.91 Å². The first kappa shape index (κ1) is 18.3. The molecule has 4 rings (SSSR count). The van der Waals surface area contributed by atoms with Gasteiger partial charge in [0, 0.05) is 16.1 Å². The molecule has 0 aliphatic carbocycles. The zero-order chi connectivity index (χ0) is 19.5. The number of hydrogen-bond donors (Lipinski definition) is 0. The van der Waals surface area contributed by atoms with Crippen LogP contribution in [-0.4, -0.2) is 13.0 Å². The summed E-state index contributed by atoms with van der Waals surface area (Å²) < 4.78 is 6.35. The van der Waals surface area contributed by atoms with E-state index in [-0.39, 0.29) is 5.91 Å². The van der Waals surface area contributed by atoms with Gasteiger partial charge in [0.2, 0.25) is 0 Å². The van der Waals surface area contributed by atoms with Crippen molar-refractivity contribution in [3.8, 4) is 5.75 Å². The summed E-state index contributed by atoms with van der Waals surface area (Å²) >= 11 is 3.44. The van der Waals surface area contributed by atoms with Gasteiger partial charge in [-0.05, 0) is 47.5 Å². The van der Waals surface area contributed by atoms with E-state index in [0.717, 1.165) is 27.0 Å². The molecule has 0 radical (unpaired) electrons. The Morgan fingerprint density at radius 1 is 0.929 bits per heavy atom. The predicted octanol–water partition coefficient (Wildman–Crippen LogP) is 5.93. The SMILES string of the molecule is COc1cccc(N2C(=O)/C(=C/c3ccc(Br)cc3)C=C2c2ccccc2)c1. The van der Waals surface area contributed by atoms with Gasteiger partial charge in [-0.3, -0.25) is 9.69 Å². The minimum Gasteiger partial charge on any atom is -0.497 e. The maximum Gasteiger partial charge on any atom is 0.262 e. The first-order chi connectivity index (χ1) is 13.7. The number of amides is 1. The summed E-state index contributed by atoms with van der Waals surface area (Å²) in [6, 6.07) is 25.4. The number of benzene rings is 3. The first-order valence-electron chi connectivity index (χ1n) is 8.88. The summed E-state index contributed by atoms with van der Waals surface area (Å²) in [6.07, 6.45) is 3.86. The maximum atomic E-state index is 13.3. The fraction of sp³-hybridized carbons (Fsp3) is 0.0417. The van der Waals surface area contributed by atoms with Crippen molar-refractivity contribution >= 4 is 39.3 Å². The number of carbonyl (C=O) groups is 1. The average molecular weight is 432 g/mol. The van der Waals surface area contributed by atoms with E-state index in [0.29, 0.717) is 11.3 Å². The van der Waals surface area contributed by atoms with Crippen LogP contribution in [0.2, 0.25) is 0 Å². The molecular formula is C24H18BrNO2. The number of carbonyl (C=O) groups excluding carboxylic acids is 1. The summed E-state index contributed by atoms with van der Waals surface area (Å²) in [7, 11) is 1.62. The molecule has 28 heavy (non-hydrogen) atoms. The lowest BCUT2D eigenvalue weighted by molar-refractivity contribution is -0.113. The Labute approximate surface area is 172 Å². The van der Waals surface area contributed by atoms with Crippen LogP contribution in [0.5, 0.6) is 5.75 Å². The molecule has 0 unspecified atom stereocenters. The van der Waals surface area contributed by atoms with Crippen LogP contribution in [0, 0.1) is 0 Å². The molecular weight excluding hydrogens is 414 g/mol. The van der Waals surface area contributed by atoms with E-state index in [2.05, 4.69) is 15.9 Å². The standard InChI is InChI=1S/C24H18BrNO2/c1-28-22-9-5-8-21(16-22)26-23(18-6-3-2-4-7-18)15-19(24(26)27)14-17-10-12-20(25)13-11-17/h2-16H,1H3/b19-14+. The number of nitrogens with zero attached hydrogens (tertiary/aromatic N) is 1. The topological polar surface area (TPSA) is 29.5 Å². The van der Waals surface area contributed by atoms with Crippen LogP contribution in [0.4, 0.5) is 5.69 Å². The number of anilines is 1. The van der Waals surface area contributed by atoms with Gasteiger partial charge in [0.1, 0.15) is 5.75 Å². The minimum absolute atomic E-state index is 0.0602. The van der Waals surface area contributed by atoms with Crippen molar-refractivity contribution in [2.75, 3.05) is 12.0 Å². The molecule has 1 amide bonds. The zero-order valence-corrected chi connectivity index (χ0v) is 16.9. The fourth-order valence-corrected chi connectivity index (χ4v) is 3.45. The Bertz CT molecular complexity index is 1070. The molecule has 0 spiro atoms. The molecule has 1 aliphatic heterocycles. The van der Waals surface area contributed by atoms with E-state index in [9.17, 15) is 4.79 Å². The van der Waals surface area contributed by atoms with Gasteiger partial charge in [-0.25, -0.2) is 0 Å². The van der Waals surface area contributed by atoms with Crippen molar-refractivity contribution in [3.05, 3.63) is 106 Å². The van der Waals surface area contributed by atoms with Crippen LogP contribution in [0.25, 0.3) is 11.8 Å². The monoisotopic (exact) mass is 431 g/mol. The Kier molecular flexibility index (Phi) is 5.13. The largest absolute Gasteiger partial charge is 0.497 e. The van der Waals surface area contributed by atoms with E-state index in [4.69, 9.17) is 4.74 Å². The fourth-order valence-electron chi connectivity index (χ4n) is 3.18. The van der Waals surface area contributed by atoms with Crippen LogP contribution >= 0.6 is 15.9 Å². The highest BCUT2D eigenvalue weighted by Gasteiger charge is 2.30. The lowest BCUT2D eigenvalue weighted by atomic mass is 10.1. The van der Waals surface area contributed by atoms with E-state index >= 15 is 0 Å². The molecule has 3 aromatic carbocycles. The van der Waals surface area contributed by atoms with Crippen molar-refractivity contribution < 1.29 is 9.53 Å². The third-order valence-electron chi connectivity index (χ3n) is 4.56. The molecule has 1 aliphatic rings. The summed E-state index contributed by atoms with van der Waals surface area (Å²) in [5.74, 6) is 0.651. The number of methoxy groups -OCH3 is 1. The Morgan fingerprint density at radius 2 is 1.68 bits per heavy atom. The van der Waals surface area contributed by atoms with Crippen molar-refractivity contribution in [1.29, 1.82) is 0 Å². The molecule has 3 nitrogen and oxygen atoms in total. The number of rotatable bonds is 4. The van der Waals surface area contributed by atoms with Crippen LogP contribution in [0.1, 0.15) is 11.1 Å². The summed E-state index contributed by atoms with van der Waals surface area (Å²) in [6.45, 7) is 0. The Hall–Kier alpha value is -3.11. The average Bonchev–Trinajstić information content (AvgIpc) is 3.06. The van der Waals surface area contributed by atoms with Crippen LogP contribution < -0.4 is 9.64 Å². The minimum atomic E-state index is -0.0602. The van der Waals surface area contributed by atoms with Gasteiger partial charge in [-0.15, -0.1) is 0 Å². The molecule has 0 fully saturated rings. The van der Waals surface area contributed by atoms with E-state index < -0.39 is 0 Å². The number of halogens is 1. The van der Waals surface area contributed by atoms with Gasteiger partial charge >= 0.3 is 0 Å². The first-order valence-corrected chi connectivity index (χ1v) is 9.68. The maximum absolute atomic E-state index is 13.3. The number of ether oxygens (including phenoxy) is 1. The van der Waals surface area contributed by atoms with E-state index in [1.54, 1.807) is 12.0 Å². The molecule has 138 valence electrons. The van der Waals surface area contributed by atoms with E-state index in [1.165, 1.54) is 0 Å². The lowest BCUT2D eigenvalue weighted by Crippen LogP contribution is -2.24. The molecule has 0 saturated heterocycles. The van der Waals surface area contributed by atoms with Crippen LogP contribution in [0.15, 0.2) is 95.0 Å². The van der Waals surface area contributed by atoms with Crippen molar-refractivity contribution in [1.82, 2.24) is 0 Å². The Morgan fingerprint density at radius 3 is 2.39 bits per heavy atom. The van der Waals surface area contributed by atoms with Crippen LogP contribution in [0.3, 0.4) is 0 Å². The third-order valence-corrected chi connectivity index (χ3v) is 5.09. The van der Waals surface area contributed by atoms with Gasteiger partial charge < -0.3 is 4.74 Å². The van der Waals surface area contributed by atoms with E-state index in [1.807, 2.05) is 91.0 Å². The molecule has 0 saturated carbocycles. The molecule has 0 bridgehead atoms. The smallest absolute Gasteiger partial charge is 0.262 e. The summed E-state index contributed by atoms with van der Waals surface area (Å²) in [5.41, 5.74) is 4.23. The lowest BCUT2D eigenvalue weighted by Gasteiger charge is -2.21. The molecule has 0 aromatic heterocycles. The Balaban J connectivity index is 1.81. The van der Waals surface area contributed by atoms with Gasteiger partial charge in [-0.1, -0.05) is 64.5 Å².